The second kappa shape index (κ2) is 17.2. The summed E-state index contributed by atoms with van der Waals surface area (Å²) in [5, 5.41) is 2.58. The third-order valence-corrected chi connectivity index (χ3v) is 11.2. The lowest BCUT2D eigenvalue weighted by molar-refractivity contribution is -0.138. The molecular weight excluding hydrogens is 721 g/mol. The van der Waals surface area contributed by atoms with Crippen molar-refractivity contribution in [3.63, 3.8) is 0 Å². The molecule has 3 saturated heterocycles. The highest BCUT2D eigenvalue weighted by Gasteiger charge is 2.36. The Morgan fingerprint density at radius 2 is 1.49 bits per heavy atom. The number of piperazine rings is 3. The predicted molar refractivity (Wildman–Crippen MR) is 202 cm³/mol. The van der Waals surface area contributed by atoms with Crippen molar-refractivity contribution in [2.45, 2.75) is 51.9 Å². The van der Waals surface area contributed by atoms with Gasteiger partial charge in [0.1, 0.15) is 11.6 Å². The van der Waals surface area contributed by atoms with Crippen LogP contribution in [-0.2, 0) is 11.0 Å². The Morgan fingerprint density at radius 1 is 0.855 bits per heavy atom. The molecule has 1 N–H and O–H groups in total. The molecule has 2 atom stereocenters. The van der Waals surface area contributed by atoms with Crippen LogP contribution in [0.4, 0.5) is 39.3 Å². The van der Waals surface area contributed by atoms with Crippen molar-refractivity contribution >= 4 is 29.1 Å². The summed E-state index contributed by atoms with van der Waals surface area (Å²) in [5.41, 5.74) is -1.45. The predicted octanol–water partition coefficient (Wildman–Crippen LogP) is 5.29. The van der Waals surface area contributed by atoms with Gasteiger partial charge in [0, 0.05) is 107 Å². The highest BCUT2D eigenvalue weighted by Crippen LogP contribution is 2.38. The van der Waals surface area contributed by atoms with Crippen molar-refractivity contribution in [2.75, 3.05) is 101 Å². The highest BCUT2D eigenvalue weighted by molar-refractivity contribution is 6.07. The third-order valence-electron chi connectivity index (χ3n) is 11.2. The van der Waals surface area contributed by atoms with Gasteiger partial charge in [-0.15, -0.1) is 0 Å². The second-order valence-corrected chi connectivity index (χ2v) is 14.8. The summed E-state index contributed by atoms with van der Waals surface area (Å²) in [6.45, 7) is 15.5. The molecular formula is C39H50F5N9O2. The van der Waals surface area contributed by atoms with Crippen LogP contribution in [0.5, 0.6) is 0 Å². The van der Waals surface area contributed by atoms with Crippen LogP contribution in [0, 0.1) is 11.6 Å². The zero-order valence-corrected chi connectivity index (χ0v) is 31.9. The summed E-state index contributed by atoms with van der Waals surface area (Å²) >= 11 is 0. The number of nitrogens with one attached hydrogen (secondary N) is 1. The van der Waals surface area contributed by atoms with E-state index in [1.54, 1.807) is 0 Å². The van der Waals surface area contributed by atoms with Gasteiger partial charge in [-0.05, 0) is 70.7 Å². The molecule has 298 valence electrons. The first-order valence-corrected chi connectivity index (χ1v) is 19.0. The number of likely N-dealkylation sites (N-methyl/N-ethyl adjacent to an activating group) is 2. The fourth-order valence-electron chi connectivity index (χ4n) is 7.61. The van der Waals surface area contributed by atoms with Crippen LogP contribution in [0.15, 0.2) is 42.7 Å². The smallest absolute Gasteiger partial charge is 0.367 e. The topological polar surface area (TPSA) is 91.4 Å². The summed E-state index contributed by atoms with van der Waals surface area (Å²) < 4.78 is 71.4. The first-order chi connectivity index (χ1) is 26.2. The zero-order valence-electron chi connectivity index (χ0n) is 31.9. The fraction of sp³-hybridized carbons (Fsp3) is 0.538. The minimum absolute atomic E-state index is 0.0404. The minimum atomic E-state index is -4.99. The fourth-order valence-corrected chi connectivity index (χ4v) is 7.61. The molecule has 3 fully saturated rings. The van der Waals surface area contributed by atoms with E-state index < -0.39 is 34.8 Å². The number of carbonyl (C=O) groups is 2. The van der Waals surface area contributed by atoms with Crippen LogP contribution >= 0.6 is 0 Å². The van der Waals surface area contributed by atoms with Crippen LogP contribution < -0.4 is 15.1 Å². The molecule has 0 aliphatic carbocycles. The van der Waals surface area contributed by atoms with E-state index in [-0.39, 0.29) is 35.3 Å². The Bertz CT molecular complexity index is 1800. The first-order valence-electron chi connectivity index (χ1n) is 19.0. The third kappa shape index (κ3) is 9.52. The second-order valence-electron chi connectivity index (χ2n) is 14.8. The normalized spacial score (nSPS) is 20.6. The summed E-state index contributed by atoms with van der Waals surface area (Å²) in [6, 6.07) is 4.62. The van der Waals surface area contributed by atoms with Gasteiger partial charge in [0.2, 0.25) is 11.9 Å². The number of alkyl halides is 3. The molecule has 1 aromatic heterocycles. The van der Waals surface area contributed by atoms with Crippen LogP contribution in [0.2, 0.25) is 0 Å². The molecule has 2 unspecified atom stereocenters. The molecule has 3 aliphatic heterocycles. The largest absolute Gasteiger partial charge is 0.417 e. The number of amides is 2. The average Bonchev–Trinajstić information content (AvgIpc) is 3.17. The number of rotatable bonds is 10. The molecule has 55 heavy (non-hydrogen) atoms. The van der Waals surface area contributed by atoms with Gasteiger partial charge in [-0.1, -0.05) is 6.92 Å². The Balaban J connectivity index is 1.15. The van der Waals surface area contributed by atoms with E-state index in [0.717, 1.165) is 57.8 Å². The van der Waals surface area contributed by atoms with E-state index >= 15 is 4.39 Å². The number of halogens is 5. The van der Waals surface area contributed by atoms with E-state index in [0.29, 0.717) is 62.9 Å². The summed E-state index contributed by atoms with van der Waals surface area (Å²) in [4.78, 5) is 48.2. The van der Waals surface area contributed by atoms with Gasteiger partial charge in [-0.3, -0.25) is 14.5 Å². The van der Waals surface area contributed by atoms with Crippen molar-refractivity contribution < 1.29 is 31.5 Å². The molecule has 4 heterocycles. The van der Waals surface area contributed by atoms with Crippen molar-refractivity contribution in [2.24, 2.45) is 0 Å². The van der Waals surface area contributed by atoms with Crippen LogP contribution in [0.1, 0.15) is 49.5 Å². The molecule has 0 bridgehead atoms. The molecule has 0 spiro atoms. The van der Waals surface area contributed by atoms with Gasteiger partial charge in [-0.2, -0.15) is 13.2 Å². The highest BCUT2D eigenvalue weighted by atomic mass is 19.4. The van der Waals surface area contributed by atoms with Crippen molar-refractivity contribution in [1.29, 1.82) is 0 Å². The zero-order chi connectivity index (χ0) is 39.4. The lowest BCUT2D eigenvalue weighted by Gasteiger charge is -2.44. The number of hydrogen-bond donors (Lipinski definition) is 1. The van der Waals surface area contributed by atoms with Gasteiger partial charge >= 0.3 is 6.18 Å². The van der Waals surface area contributed by atoms with Gasteiger partial charge in [0.25, 0.3) is 5.91 Å². The molecule has 16 heteroatoms. The van der Waals surface area contributed by atoms with Crippen LogP contribution in [-0.4, -0.2) is 139 Å². The van der Waals surface area contributed by atoms with E-state index in [1.807, 2.05) is 35.6 Å². The SMILES string of the molecule is CCN1CCN(CCCC(=O)N2CCN(c3ncc(-c4cc(NC(=O)c5ccc(F)cc5C(F)(F)F)c(N5CC(C)N(C)C(C)C5)cc4F)cn3)CC2)CC1. The summed E-state index contributed by atoms with van der Waals surface area (Å²) in [7, 11) is 1.98. The number of benzene rings is 2. The van der Waals surface area contributed by atoms with E-state index in [1.165, 1.54) is 24.5 Å². The minimum Gasteiger partial charge on any atom is -0.367 e. The number of carbonyl (C=O) groups excluding carboxylic acids is 2. The average molecular weight is 772 g/mol. The molecule has 11 nitrogen and oxygen atoms in total. The van der Waals surface area contributed by atoms with Crippen LogP contribution in [0.3, 0.4) is 0 Å². The maximum absolute atomic E-state index is 16.0. The molecule has 0 radical (unpaired) electrons. The van der Waals surface area contributed by atoms with Gasteiger partial charge in [-0.25, -0.2) is 18.7 Å². The van der Waals surface area contributed by atoms with Crippen LogP contribution in [0.25, 0.3) is 11.1 Å². The number of anilines is 3. The standard InChI is InChI=1S/C39H50F5N9O2/c1-5-49-11-13-50(14-12-49)10-6-7-36(54)51-15-17-52(18-16-51)38-45-22-28(23-46-38)31-20-34(35(21-33(31)41)53-24-26(2)48(4)27(3)25-53)47-37(55)30-9-8-29(40)19-32(30)39(42,43)44/h8-9,19-23,26-27H,5-7,10-18,24-25H2,1-4H3,(H,47,55). The monoisotopic (exact) mass is 771 g/mol. The maximum atomic E-state index is 16.0. The van der Waals surface area contributed by atoms with E-state index in [4.69, 9.17) is 0 Å². The van der Waals surface area contributed by atoms with Crippen molar-refractivity contribution in [3.05, 3.63) is 65.5 Å². The Morgan fingerprint density at radius 3 is 2.11 bits per heavy atom. The van der Waals surface area contributed by atoms with Gasteiger partial charge in [0.15, 0.2) is 0 Å². The summed E-state index contributed by atoms with van der Waals surface area (Å²) in [6.07, 6.45) is -0.726. The molecule has 3 aromatic rings. The lowest BCUT2D eigenvalue weighted by atomic mass is 10.0. The van der Waals surface area contributed by atoms with Crippen molar-refractivity contribution in [1.82, 2.24) is 29.6 Å². The molecule has 0 saturated carbocycles. The number of hydrogen-bond acceptors (Lipinski definition) is 9. The van der Waals surface area contributed by atoms with Crippen molar-refractivity contribution in [3.8, 4) is 11.1 Å². The van der Waals surface area contributed by atoms with Gasteiger partial charge < -0.3 is 29.8 Å². The Kier molecular flexibility index (Phi) is 12.6. The summed E-state index contributed by atoms with van der Waals surface area (Å²) in [5.74, 6) is -2.31. The molecule has 2 amide bonds. The number of aromatic nitrogens is 2. The van der Waals surface area contributed by atoms with E-state index in [9.17, 15) is 27.2 Å². The van der Waals surface area contributed by atoms with E-state index in [2.05, 4.69) is 36.9 Å². The quantitative estimate of drug-likeness (QED) is 0.277. The van der Waals surface area contributed by atoms with Gasteiger partial charge in [0.05, 0.1) is 22.5 Å². The molecule has 2 aromatic carbocycles. The Labute approximate surface area is 319 Å². The molecule has 3 aliphatic rings. The maximum Gasteiger partial charge on any atom is 0.417 e. The Hall–Kier alpha value is -4.41. The lowest BCUT2D eigenvalue weighted by Crippen LogP contribution is -2.55. The number of nitrogens with zero attached hydrogens (tertiary/aromatic N) is 8. The first kappa shape index (κ1) is 40.3. The molecule has 6 rings (SSSR count).